The first-order valence-electron chi connectivity index (χ1n) is 7.78. The van der Waals surface area contributed by atoms with E-state index in [0.29, 0.717) is 22.7 Å². The van der Waals surface area contributed by atoms with Gasteiger partial charge < -0.3 is 9.73 Å². The number of aromatic nitrogens is 1. The Balaban J connectivity index is 1.91. The molecule has 3 aromatic rings. The Morgan fingerprint density at radius 3 is 2.73 bits per heavy atom. The third kappa shape index (κ3) is 3.58. The number of benzene rings is 2. The summed E-state index contributed by atoms with van der Waals surface area (Å²) in [5.41, 5.74) is 1.12. The average Bonchev–Trinajstić information content (AvgIpc) is 2.94. The Hall–Kier alpha value is -2.78. The summed E-state index contributed by atoms with van der Waals surface area (Å²) in [6.07, 6.45) is 0. The average molecular weight is 377 g/mol. The highest BCUT2D eigenvalue weighted by molar-refractivity contribution is 7.89. The number of rotatable bonds is 5. The summed E-state index contributed by atoms with van der Waals surface area (Å²) >= 11 is 0. The Morgan fingerprint density at radius 2 is 2.00 bits per heavy atom. The van der Waals surface area contributed by atoms with Gasteiger partial charge in [-0.1, -0.05) is 6.92 Å². The maximum absolute atomic E-state index is 14.0. The predicted molar refractivity (Wildman–Crippen MR) is 94.0 cm³/mol. The molecule has 0 fully saturated rings. The lowest BCUT2D eigenvalue weighted by Crippen LogP contribution is -2.24. The first-order chi connectivity index (χ1) is 12.3. The van der Waals surface area contributed by atoms with Crippen molar-refractivity contribution < 1.29 is 22.0 Å². The molecule has 136 valence electrons. The van der Waals surface area contributed by atoms with Crippen molar-refractivity contribution in [2.45, 2.75) is 18.7 Å². The van der Waals surface area contributed by atoms with E-state index in [2.05, 4.69) is 15.0 Å². The third-order valence-electron chi connectivity index (χ3n) is 3.58. The second kappa shape index (κ2) is 6.85. The SMILES string of the molecule is CCNS(=O)(=O)c1ccc(F)c(C(=O)Nc2ccc3oc(C)nc3c2)c1. The van der Waals surface area contributed by atoms with Gasteiger partial charge in [-0.05, 0) is 36.4 Å². The lowest BCUT2D eigenvalue weighted by molar-refractivity contribution is 0.102. The summed E-state index contributed by atoms with van der Waals surface area (Å²) in [7, 11) is -3.80. The highest BCUT2D eigenvalue weighted by Gasteiger charge is 2.19. The van der Waals surface area contributed by atoms with Crippen LogP contribution in [0, 0.1) is 12.7 Å². The predicted octanol–water partition coefficient (Wildman–Crippen LogP) is 2.83. The number of halogens is 1. The van der Waals surface area contributed by atoms with Crippen LogP contribution in [0.25, 0.3) is 11.1 Å². The molecule has 26 heavy (non-hydrogen) atoms. The standard InChI is InChI=1S/C17H16FN3O4S/c1-3-19-26(23,24)12-5-6-14(18)13(9-12)17(22)21-11-4-7-16-15(8-11)20-10(2)25-16/h4-9,19H,3H2,1-2H3,(H,21,22). The second-order valence-corrected chi connectivity index (χ2v) is 7.28. The molecule has 0 aliphatic heterocycles. The van der Waals surface area contributed by atoms with Crippen LogP contribution < -0.4 is 10.0 Å². The van der Waals surface area contributed by atoms with Gasteiger partial charge in [0, 0.05) is 19.2 Å². The van der Waals surface area contributed by atoms with Crippen LogP contribution in [0.4, 0.5) is 10.1 Å². The largest absolute Gasteiger partial charge is 0.441 e. The minimum Gasteiger partial charge on any atom is -0.441 e. The Bertz CT molecular complexity index is 1090. The molecule has 0 unspecified atom stereocenters. The zero-order valence-corrected chi connectivity index (χ0v) is 14.9. The van der Waals surface area contributed by atoms with Crippen molar-refractivity contribution in [3.63, 3.8) is 0 Å². The first-order valence-corrected chi connectivity index (χ1v) is 9.26. The van der Waals surface area contributed by atoms with Crippen molar-refractivity contribution in [2.75, 3.05) is 11.9 Å². The summed E-state index contributed by atoms with van der Waals surface area (Å²) in [5, 5.41) is 2.54. The van der Waals surface area contributed by atoms with Gasteiger partial charge in [0.05, 0.1) is 10.5 Å². The molecule has 7 nitrogen and oxygen atoms in total. The van der Waals surface area contributed by atoms with Crippen LogP contribution in [0.5, 0.6) is 0 Å². The molecule has 0 atom stereocenters. The van der Waals surface area contributed by atoms with Gasteiger partial charge in [0.2, 0.25) is 10.0 Å². The molecular formula is C17H16FN3O4S. The van der Waals surface area contributed by atoms with Gasteiger partial charge in [-0.2, -0.15) is 0 Å². The number of carbonyl (C=O) groups excluding carboxylic acids is 1. The fraction of sp³-hybridized carbons (Fsp3) is 0.176. The van der Waals surface area contributed by atoms with Gasteiger partial charge in [-0.15, -0.1) is 0 Å². The molecule has 0 aliphatic rings. The van der Waals surface area contributed by atoms with Gasteiger partial charge in [-0.25, -0.2) is 22.5 Å². The number of hydrogen-bond acceptors (Lipinski definition) is 5. The normalized spacial score (nSPS) is 11.7. The van der Waals surface area contributed by atoms with Crippen LogP contribution in [0.2, 0.25) is 0 Å². The van der Waals surface area contributed by atoms with Crippen molar-refractivity contribution >= 4 is 32.7 Å². The highest BCUT2D eigenvalue weighted by atomic mass is 32.2. The molecule has 0 bridgehead atoms. The molecule has 9 heteroatoms. The zero-order chi connectivity index (χ0) is 18.9. The smallest absolute Gasteiger partial charge is 0.258 e. The van der Waals surface area contributed by atoms with Gasteiger partial charge in [-0.3, -0.25) is 4.79 Å². The third-order valence-corrected chi connectivity index (χ3v) is 5.12. The molecule has 0 saturated heterocycles. The lowest BCUT2D eigenvalue weighted by atomic mass is 10.2. The molecule has 0 spiro atoms. The summed E-state index contributed by atoms with van der Waals surface area (Å²) in [6.45, 7) is 3.50. The molecule has 3 rings (SSSR count). The van der Waals surface area contributed by atoms with Crippen molar-refractivity contribution in [2.24, 2.45) is 0 Å². The number of hydrogen-bond donors (Lipinski definition) is 2. The second-order valence-electron chi connectivity index (χ2n) is 5.51. The van der Waals surface area contributed by atoms with Crippen molar-refractivity contribution in [1.29, 1.82) is 0 Å². The monoisotopic (exact) mass is 377 g/mol. The van der Waals surface area contributed by atoms with E-state index in [-0.39, 0.29) is 17.0 Å². The topological polar surface area (TPSA) is 101 Å². The summed E-state index contributed by atoms with van der Waals surface area (Å²) in [4.78, 5) is 16.4. The molecule has 1 heterocycles. The summed E-state index contributed by atoms with van der Waals surface area (Å²) < 4.78 is 45.8. The quantitative estimate of drug-likeness (QED) is 0.712. The lowest BCUT2D eigenvalue weighted by Gasteiger charge is -2.09. The van der Waals surface area contributed by atoms with Crippen LogP contribution in [0.1, 0.15) is 23.2 Å². The molecular weight excluding hydrogens is 361 g/mol. The number of nitrogens with one attached hydrogen (secondary N) is 2. The molecule has 2 N–H and O–H groups in total. The van der Waals surface area contributed by atoms with E-state index in [4.69, 9.17) is 4.42 Å². The van der Waals surface area contributed by atoms with Crippen LogP contribution in [0.3, 0.4) is 0 Å². The van der Waals surface area contributed by atoms with Crippen LogP contribution >= 0.6 is 0 Å². The Kier molecular flexibility index (Phi) is 4.75. The Labute approximate surface area is 149 Å². The van der Waals surface area contributed by atoms with Crippen LogP contribution in [-0.4, -0.2) is 25.9 Å². The van der Waals surface area contributed by atoms with Crippen LogP contribution in [0.15, 0.2) is 45.7 Å². The van der Waals surface area contributed by atoms with E-state index in [1.165, 1.54) is 0 Å². The highest BCUT2D eigenvalue weighted by Crippen LogP contribution is 2.21. The summed E-state index contributed by atoms with van der Waals surface area (Å²) in [5.74, 6) is -1.11. The van der Waals surface area contributed by atoms with Gasteiger partial charge in [0.15, 0.2) is 11.5 Å². The van der Waals surface area contributed by atoms with E-state index >= 15 is 0 Å². The Morgan fingerprint density at radius 1 is 1.23 bits per heavy atom. The number of sulfonamides is 1. The molecule has 0 aliphatic carbocycles. The fourth-order valence-corrected chi connectivity index (χ4v) is 3.50. The number of oxazole rings is 1. The molecule has 1 aromatic heterocycles. The number of carbonyl (C=O) groups is 1. The minimum atomic E-state index is -3.80. The van der Waals surface area contributed by atoms with Crippen molar-refractivity contribution in [3.8, 4) is 0 Å². The molecule has 2 aromatic carbocycles. The number of amides is 1. The maximum Gasteiger partial charge on any atom is 0.258 e. The van der Waals surface area contributed by atoms with Crippen LogP contribution in [-0.2, 0) is 10.0 Å². The number of aryl methyl sites for hydroxylation is 1. The van der Waals surface area contributed by atoms with E-state index in [1.807, 2.05) is 0 Å². The molecule has 1 amide bonds. The van der Waals surface area contributed by atoms with Gasteiger partial charge in [0.25, 0.3) is 5.91 Å². The van der Waals surface area contributed by atoms with E-state index in [9.17, 15) is 17.6 Å². The molecule has 0 saturated carbocycles. The van der Waals surface area contributed by atoms with E-state index in [0.717, 1.165) is 18.2 Å². The molecule has 0 radical (unpaired) electrons. The maximum atomic E-state index is 14.0. The first kappa shape index (κ1) is 18.0. The van der Waals surface area contributed by atoms with Crippen molar-refractivity contribution in [3.05, 3.63) is 53.7 Å². The van der Waals surface area contributed by atoms with E-state index < -0.39 is 21.7 Å². The fourth-order valence-electron chi connectivity index (χ4n) is 2.44. The minimum absolute atomic E-state index is 0.179. The summed E-state index contributed by atoms with van der Waals surface area (Å²) in [6, 6.07) is 7.86. The van der Waals surface area contributed by atoms with E-state index in [1.54, 1.807) is 32.0 Å². The van der Waals surface area contributed by atoms with Gasteiger partial charge >= 0.3 is 0 Å². The number of anilines is 1. The van der Waals surface area contributed by atoms with Crippen molar-refractivity contribution in [1.82, 2.24) is 9.71 Å². The van der Waals surface area contributed by atoms with Gasteiger partial charge in [0.1, 0.15) is 11.3 Å². The zero-order valence-electron chi connectivity index (χ0n) is 14.0. The number of nitrogens with zero attached hydrogens (tertiary/aromatic N) is 1. The number of fused-ring (bicyclic) bond motifs is 1.